The fourth-order valence-corrected chi connectivity index (χ4v) is 3.04. The predicted molar refractivity (Wildman–Crippen MR) is 109 cm³/mol. The van der Waals surface area contributed by atoms with Gasteiger partial charge < -0.3 is 24.1 Å². The van der Waals surface area contributed by atoms with Crippen LogP contribution in [-0.2, 0) is 20.8 Å². The molecule has 2 rings (SSSR count). The maximum Gasteiger partial charge on any atom is 0.163 e. The average Bonchev–Trinajstić information content (AvgIpc) is 2.96. The van der Waals surface area contributed by atoms with Crippen LogP contribution in [0.25, 0.3) is 0 Å². The average molecular weight is 389 g/mol. The summed E-state index contributed by atoms with van der Waals surface area (Å²) in [5.74, 6) is 2.73. The third kappa shape index (κ3) is 6.35. The Balaban J connectivity index is 2.16. The minimum Gasteiger partial charge on any atom is -0.497 e. The van der Waals surface area contributed by atoms with Crippen molar-refractivity contribution in [1.82, 2.24) is 0 Å². The molecule has 0 saturated carbocycles. The Morgan fingerprint density at radius 3 is 2.46 bits per heavy atom. The second-order valence-corrected chi connectivity index (χ2v) is 7.66. The molecule has 0 radical (unpaired) electrons. The lowest BCUT2D eigenvalue weighted by Crippen LogP contribution is -2.36. The van der Waals surface area contributed by atoms with Gasteiger partial charge in [0.15, 0.2) is 5.79 Å². The number of terminal acetylenes is 1. The van der Waals surface area contributed by atoms with E-state index in [-0.39, 0.29) is 24.2 Å². The normalized spacial score (nSPS) is 24.6. The fourth-order valence-electron chi connectivity index (χ4n) is 3.04. The largest absolute Gasteiger partial charge is 0.497 e. The van der Waals surface area contributed by atoms with E-state index in [1.165, 1.54) is 0 Å². The van der Waals surface area contributed by atoms with Crippen molar-refractivity contribution in [2.45, 2.75) is 70.9 Å². The van der Waals surface area contributed by atoms with Gasteiger partial charge in [-0.25, -0.2) is 0 Å². The molecule has 154 valence electrons. The second kappa shape index (κ2) is 10.1. The highest BCUT2D eigenvalue weighted by Gasteiger charge is 2.44. The smallest absolute Gasteiger partial charge is 0.163 e. The summed E-state index contributed by atoms with van der Waals surface area (Å²) < 4.78 is 23.5. The van der Waals surface area contributed by atoms with Gasteiger partial charge in [-0.1, -0.05) is 31.2 Å². The van der Waals surface area contributed by atoms with E-state index in [1.54, 1.807) is 14.0 Å². The molecular weight excluding hydrogens is 356 g/mol. The summed E-state index contributed by atoms with van der Waals surface area (Å²) in [6, 6.07) is 7.73. The molecule has 0 amide bonds. The van der Waals surface area contributed by atoms with Crippen molar-refractivity contribution in [2.24, 2.45) is 5.92 Å². The van der Waals surface area contributed by atoms with Crippen molar-refractivity contribution in [1.29, 1.82) is 0 Å². The Labute approximate surface area is 168 Å². The highest BCUT2D eigenvalue weighted by atomic mass is 16.8. The Morgan fingerprint density at radius 1 is 1.21 bits per heavy atom. The second-order valence-electron chi connectivity index (χ2n) is 7.66. The molecule has 0 bridgehead atoms. The molecule has 0 aliphatic carbocycles. The summed E-state index contributed by atoms with van der Waals surface area (Å²) in [7, 11) is 1.64. The molecule has 1 aromatic carbocycles. The number of ether oxygens (including phenoxy) is 4. The van der Waals surface area contributed by atoms with Gasteiger partial charge in [0.25, 0.3) is 0 Å². The summed E-state index contributed by atoms with van der Waals surface area (Å²) in [6.45, 7) is 7.88. The fraction of sp³-hybridized carbons (Fsp3) is 0.565. The van der Waals surface area contributed by atoms with E-state index in [0.717, 1.165) is 11.3 Å². The molecule has 28 heavy (non-hydrogen) atoms. The topological polar surface area (TPSA) is 57.2 Å². The van der Waals surface area contributed by atoms with E-state index in [4.69, 9.17) is 25.4 Å². The quantitative estimate of drug-likeness (QED) is 0.516. The molecule has 5 nitrogen and oxygen atoms in total. The van der Waals surface area contributed by atoms with Crippen molar-refractivity contribution in [2.75, 3.05) is 7.11 Å². The predicted octanol–water partition coefficient (Wildman–Crippen LogP) is 3.70. The van der Waals surface area contributed by atoms with Crippen molar-refractivity contribution in [3.8, 4) is 18.1 Å². The molecule has 5 heteroatoms. The lowest BCUT2D eigenvalue weighted by atomic mass is 10.0. The number of benzene rings is 1. The maximum absolute atomic E-state index is 9.79. The minimum absolute atomic E-state index is 0.00602. The molecule has 1 aromatic rings. The van der Waals surface area contributed by atoms with Crippen LogP contribution in [-0.4, -0.2) is 42.4 Å². The van der Waals surface area contributed by atoms with E-state index in [9.17, 15) is 5.11 Å². The lowest BCUT2D eigenvalue weighted by Gasteiger charge is -2.25. The molecule has 0 spiro atoms. The molecule has 0 unspecified atom stereocenters. The third-order valence-corrected chi connectivity index (χ3v) is 4.83. The first-order valence-corrected chi connectivity index (χ1v) is 9.65. The van der Waals surface area contributed by atoms with E-state index in [0.29, 0.717) is 13.0 Å². The zero-order valence-electron chi connectivity index (χ0n) is 17.4. The first kappa shape index (κ1) is 22.4. The van der Waals surface area contributed by atoms with Crippen molar-refractivity contribution < 1.29 is 24.1 Å². The Bertz CT molecular complexity index is 671. The summed E-state index contributed by atoms with van der Waals surface area (Å²) in [6.07, 6.45) is 8.46. The molecule has 1 aliphatic rings. The van der Waals surface area contributed by atoms with Gasteiger partial charge in [-0.05, 0) is 44.4 Å². The van der Waals surface area contributed by atoms with Gasteiger partial charge in [0.1, 0.15) is 24.1 Å². The Morgan fingerprint density at radius 2 is 1.89 bits per heavy atom. The molecule has 1 aliphatic heterocycles. The van der Waals surface area contributed by atoms with E-state index < -0.39 is 11.9 Å². The summed E-state index contributed by atoms with van der Waals surface area (Å²) in [5, 5.41) is 9.79. The first-order valence-electron chi connectivity index (χ1n) is 9.65. The van der Waals surface area contributed by atoms with Gasteiger partial charge in [-0.2, -0.15) is 0 Å². The van der Waals surface area contributed by atoms with Crippen molar-refractivity contribution >= 4 is 0 Å². The van der Waals surface area contributed by atoms with Crippen LogP contribution in [0.4, 0.5) is 0 Å². The van der Waals surface area contributed by atoms with Crippen LogP contribution in [0, 0.1) is 18.3 Å². The standard InChI is InChI=1S/C23H32O5/c1-7-8-21-22(28-23(4,5)27-21)20(14-9-16(2)17(3)24)26-15-18-10-12-19(25-6)13-11-18/h1,9-14,16-17,20-22,24H,8,15H2,2-6H3/b14-9-/t16-,17+,20-,21+,22-/m1/s1. The minimum atomic E-state index is -0.725. The number of hydrogen-bond donors (Lipinski definition) is 1. The number of aliphatic hydroxyl groups is 1. The summed E-state index contributed by atoms with van der Waals surface area (Å²) >= 11 is 0. The zero-order chi connectivity index (χ0) is 20.7. The highest BCUT2D eigenvalue weighted by molar-refractivity contribution is 5.26. The van der Waals surface area contributed by atoms with Gasteiger partial charge in [-0.3, -0.25) is 0 Å². The van der Waals surface area contributed by atoms with Crippen LogP contribution in [0.3, 0.4) is 0 Å². The maximum atomic E-state index is 9.79. The van der Waals surface area contributed by atoms with Crippen LogP contribution in [0.5, 0.6) is 5.75 Å². The van der Waals surface area contributed by atoms with Crippen LogP contribution < -0.4 is 4.74 Å². The molecule has 0 aromatic heterocycles. The number of aliphatic hydroxyl groups excluding tert-OH is 1. The first-order chi connectivity index (χ1) is 13.3. The van der Waals surface area contributed by atoms with Crippen LogP contribution in [0.2, 0.25) is 0 Å². The van der Waals surface area contributed by atoms with Crippen molar-refractivity contribution in [3.05, 3.63) is 42.0 Å². The van der Waals surface area contributed by atoms with Crippen molar-refractivity contribution in [3.63, 3.8) is 0 Å². The summed E-state index contributed by atoms with van der Waals surface area (Å²) in [5.41, 5.74) is 1.02. The SMILES string of the molecule is C#CC[C@@H]1OC(C)(C)O[C@@H]1[C@@H](/C=C\[C@@H](C)[C@H](C)O)OCc1ccc(OC)cc1. The van der Waals surface area contributed by atoms with Crippen LogP contribution >= 0.6 is 0 Å². The zero-order valence-corrected chi connectivity index (χ0v) is 17.4. The van der Waals surface area contributed by atoms with Gasteiger partial charge >= 0.3 is 0 Å². The molecule has 5 atom stereocenters. The van der Waals surface area contributed by atoms with Gasteiger partial charge in [-0.15, -0.1) is 12.3 Å². The van der Waals surface area contributed by atoms with E-state index >= 15 is 0 Å². The number of rotatable bonds is 9. The molecular formula is C23H32O5. The van der Waals surface area contributed by atoms with Crippen LogP contribution in [0.1, 0.15) is 39.7 Å². The van der Waals surface area contributed by atoms with E-state index in [2.05, 4.69) is 5.92 Å². The number of methoxy groups -OCH3 is 1. The molecule has 1 fully saturated rings. The Kier molecular flexibility index (Phi) is 8.09. The third-order valence-electron chi connectivity index (χ3n) is 4.83. The number of hydrogen-bond acceptors (Lipinski definition) is 5. The van der Waals surface area contributed by atoms with Gasteiger partial charge in [0.05, 0.1) is 19.8 Å². The van der Waals surface area contributed by atoms with Crippen LogP contribution in [0.15, 0.2) is 36.4 Å². The molecule has 1 N–H and O–H groups in total. The lowest BCUT2D eigenvalue weighted by molar-refractivity contribution is -0.156. The highest BCUT2D eigenvalue weighted by Crippen LogP contribution is 2.33. The Hall–Kier alpha value is -1.84. The van der Waals surface area contributed by atoms with E-state index in [1.807, 2.05) is 57.2 Å². The molecule has 1 saturated heterocycles. The summed E-state index contributed by atoms with van der Waals surface area (Å²) in [4.78, 5) is 0. The van der Waals surface area contributed by atoms with Gasteiger partial charge in [0, 0.05) is 6.42 Å². The monoisotopic (exact) mass is 388 g/mol. The van der Waals surface area contributed by atoms with Gasteiger partial charge in [0.2, 0.25) is 0 Å². The molecule has 1 heterocycles.